The van der Waals surface area contributed by atoms with Gasteiger partial charge in [-0.15, -0.1) is 0 Å². The van der Waals surface area contributed by atoms with E-state index in [1.807, 2.05) is 49.4 Å². The number of nitrogens with zero attached hydrogens (tertiary/aromatic N) is 2. The second-order valence-corrected chi connectivity index (χ2v) is 4.33. The molecule has 2 aromatic heterocycles. The number of aromatic hydroxyl groups is 1. The van der Waals surface area contributed by atoms with Gasteiger partial charge in [-0.25, -0.2) is 9.98 Å². The molecule has 0 aliphatic heterocycles. The molecule has 19 heavy (non-hydrogen) atoms. The highest BCUT2D eigenvalue weighted by molar-refractivity contribution is 6.02. The highest BCUT2D eigenvalue weighted by Crippen LogP contribution is 2.25. The van der Waals surface area contributed by atoms with Gasteiger partial charge in [0.05, 0.1) is 5.56 Å². The number of fused-ring (bicyclic) bond motifs is 1. The molecule has 1 aromatic carbocycles. The van der Waals surface area contributed by atoms with E-state index in [9.17, 15) is 5.11 Å². The molecular formula is C15H13N3O. The summed E-state index contributed by atoms with van der Waals surface area (Å²) in [5.41, 5.74) is 2.48. The molecule has 3 rings (SSSR count). The minimum absolute atomic E-state index is 0.123. The number of H-pyrrole nitrogens is 1. The topological polar surface area (TPSA) is 61.3 Å². The Balaban J connectivity index is 2.03. The SMILES string of the molecule is Cc1cccc(N=Cc2c(O)[nH]c3ccccc23)n1. The summed E-state index contributed by atoms with van der Waals surface area (Å²) in [4.78, 5) is 11.5. The largest absolute Gasteiger partial charge is 0.494 e. The lowest BCUT2D eigenvalue weighted by atomic mass is 10.2. The average molecular weight is 251 g/mol. The molecule has 0 saturated carbocycles. The third-order valence-corrected chi connectivity index (χ3v) is 2.92. The van der Waals surface area contributed by atoms with Crippen molar-refractivity contribution in [3.63, 3.8) is 0 Å². The number of aromatic nitrogens is 2. The summed E-state index contributed by atoms with van der Waals surface area (Å²) < 4.78 is 0. The molecule has 0 saturated heterocycles. The van der Waals surface area contributed by atoms with E-state index in [0.717, 1.165) is 16.6 Å². The fourth-order valence-corrected chi connectivity index (χ4v) is 2.01. The van der Waals surface area contributed by atoms with E-state index in [-0.39, 0.29) is 5.88 Å². The maximum absolute atomic E-state index is 9.90. The predicted molar refractivity (Wildman–Crippen MR) is 76.2 cm³/mol. The maximum Gasteiger partial charge on any atom is 0.198 e. The summed E-state index contributed by atoms with van der Waals surface area (Å²) in [6, 6.07) is 13.4. The summed E-state index contributed by atoms with van der Waals surface area (Å²) in [7, 11) is 0. The molecular weight excluding hydrogens is 238 g/mol. The van der Waals surface area contributed by atoms with Crippen molar-refractivity contribution >= 4 is 22.9 Å². The summed E-state index contributed by atoms with van der Waals surface area (Å²) in [5, 5.41) is 10.8. The van der Waals surface area contributed by atoms with Gasteiger partial charge in [0.1, 0.15) is 0 Å². The zero-order valence-corrected chi connectivity index (χ0v) is 10.5. The van der Waals surface area contributed by atoms with E-state index in [0.29, 0.717) is 11.4 Å². The molecule has 0 amide bonds. The van der Waals surface area contributed by atoms with E-state index < -0.39 is 0 Å². The molecule has 0 aliphatic rings. The van der Waals surface area contributed by atoms with Crippen molar-refractivity contribution in [3.05, 3.63) is 53.7 Å². The van der Waals surface area contributed by atoms with Gasteiger partial charge < -0.3 is 10.1 Å². The van der Waals surface area contributed by atoms with E-state index in [1.54, 1.807) is 6.21 Å². The van der Waals surface area contributed by atoms with Crippen molar-refractivity contribution in [1.82, 2.24) is 9.97 Å². The van der Waals surface area contributed by atoms with Gasteiger partial charge in [0.15, 0.2) is 11.7 Å². The fraction of sp³-hybridized carbons (Fsp3) is 0.0667. The molecule has 2 heterocycles. The Morgan fingerprint density at radius 3 is 2.84 bits per heavy atom. The number of aliphatic imine (C=N–C) groups is 1. The lowest BCUT2D eigenvalue weighted by Gasteiger charge is -1.95. The van der Waals surface area contributed by atoms with Crippen LogP contribution in [0.4, 0.5) is 5.82 Å². The quantitative estimate of drug-likeness (QED) is 0.686. The smallest absolute Gasteiger partial charge is 0.198 e. The zero-order chi connectivity index (χ0) is 13.2. The minimum Gasteiger partial charge on any atom is -0.494 e. The number of aryl methyl sites for hydroxylation is 1. The Kier molecular flexibility index (Phi) is 2.76. The van der Waals surface area contributed by atoms with Gasteiger partial charge in [0.2, 0.25) is 0 Å². The molecule has 0 fully saturated rings. The van der Waals surface area contributed by atoms with Gasteiger partial charge in [-0.2, -0.15) is 0 Å². The zero-order valence-electron chi connectivity index (χ0n) is 10.5. The molecule has 0 aliphatic carbocycles. The highest BCUT2D eigenvalue weighted by Gasteiger charge is 2.07. The fourth-order valence-electron chi connectivity index (χ4n) is 2.01. The first-order valence-electron chi connectivity index (χ1n) is 6.01. The molecule has 4 heteroatoms. The first-order chi connectivity index (χ1) is 9.24. The predicted octanol–water partition coefficient (Wildman–Crippen LogP) is 3.33. The number of para-hydroxylation sites is 1. The van der Waals surface area contributed by atoms with E-state index in [4.69, 9.17) is 0 Å². The summed E-state index contributed by atoms with van der Waals surface area (Å²) in [6.07, 6.45) is 1.63. The second kappa shape index (κ2) is 4.57. The van der Waals surface area contributed by atoms with Gasteiger partial charge in [-0.1, -0.05) is 24.3 Å². The normalized spacial score (nSPS) is 11.4. The van der Waals surface area contributed by atoms with Crippen LogP contribution in [0.5, 0.6) is 5.88 Å². The number of hydrogen-bond acceptors (Lipinski definition) is 3. The number of pyridine rings is 1. The van der Waals surface area contributed by atoms with Crippen molar-refractivity contribution < 1.29 is 5.11 Å². The van der Waals surface area contributed by atoms with Crippen molar-refractivity contribution in [3.8, 4) is 5.88 Å². The minimum atomic E-state index is 0.123. The number of rotatable bonds is 2. The molecule has 94 valence electrons. The first kappa shape index (κ1) is 11.5. The lowest BCUT2D eigenvalue weighted by Crippen LogP contribution is -1.82. The molecule has 3 aromatic rings. The Labute approximate surface area is 110 Å². The van der Waals surface area contributed by atoms with Crippen LogP contribution in [0.1, 0.15) is 11.3 Å². The van der Waals surface area contributed by atoms with Gasteiger partial charge in [0.25, 0.3) is 0 Å². The molecule has 0 bridgehead atoms. The van der Waals surface area contributed by atoms with E-state index in [2.05, 4.69) is 15.0 Å². The third kappa shape index (κ3) is 2.20. The van der Waals surface area contributed by atoms with Crippen molar-refractivity contribution in [2.45, 2.75) is 6.92 Å². The van der Waals surface area contributed by atoms with Crippen LogP contribution in [0.3, 0.4) is 0 Å². The van der Waals surface area contributed by atoms with E-state index in [1.165, 1.54) is 0 Å². The summed E-state index contributed by atoms with van der Waals surface area (Å²) >= 11 is 0. The van der Waals surface area contributed by atoms with E-state index >= 15 is 0 Å². The third-order valence-electron chi connectivity index (χ3n) is 2.92. The number of benzene rings is 1. The van der Waals surface area contributed by atoms with Crippen molar-refractivity contribution in [2.24, 2.45) is 4.99 Å². The van der Waals surface area contributed by atoms with Crippen LogP contribution in [-0.4, -0.2) is 21.3 Å². The first-order valence-corrected chi connectivity index (χ1v) is 6.01. The Morgan fingerprint density at radius 1 is 1.16 bits per heavy atom. The molecule has 0 spiro atoms. The van der Waals surface area contributed by atoms with Crippen LogP contribution in [0.15, 0.2) is 47.5 Å². The Morgan fingerprint density at radius 2 is 2.00 bits per heavy atom. The lowest BCUT2D eigenvalue weighted by molar-refractivity contribution is 0.457. The Hall–Kier alpha value is -2.62. The highest BCUT2D eigenvalue weighted by atomic mass is 16.3. The molecule has 4 nitrogen and oxygen atoms in total. The number of aromatic amines is 1. The standard InChI is InChI=1S/C15H13N3O/c1-10-5-4-8-14(17-10)16-9-12-11-6-2-3-7-13(11)18-15(12)19/h2-9,18-19H,1H3. The van der Waals surface area contributed by atoms with Crippen LogP contribution < -0.4 is 0 Å². The molecule has 2 N–H and O–H groups in total. The summed E-state index contributed by atoms with van der Waals surface area (Å²) in [5.74, 6) is 0.752. The van der Waals surface area contributed by atoms with Crippen LogP contribution in [-0.2, 0) is 0 Å². The van der Waals surface area contributed by atoms with Crippen LogP contribution >= 0.6 is 0 Å². The van der Waals surface area contributed by atoms with Crippen LogP contribution in [0, 0.1) is 6.92 Å². The van der Waals surface area contributed by atoms with Gasteiger partial charge in [-0.05, 0) is 25.1 Å². The van der Waals surface area contributed by atoms with Gasteiger partial charge in [-0.3, -0.25) is 0 Å². The maximum atomic E-state index is 9.90. The van der Waals surface area contributed by atoms with Crippen LogP contribution in [0.25, 0.3) is 10.9 Å². The monoisotopic (exact) mass is 251 g/mol. The second-order valence-electron chi connectivity index (χ2n) is 4.33. The van der Waals surface area contributed by atoms with Gasteiger partial charge >= 0.3 is 0 Å². The summed E-state index contributed by atoms with van der Waals surface area (Å²) in [6.45, 7) is 1.92. The average Bonchev–Trinajstić information content (AvgIpc) is 2.72. The molecule has 0 atom stereocenters. The molecule has 0 radical (unpaired) electrons. The van der Waals surface area contributed by atoms with Crippen molar-refractivity contribution in [2.75, 3.05) is 0 Å². The van der Waals surface area contributed by atoms with Gasteiger partial charge in [0, 0.05) is 22.8 Å². The number of nitrogens with one attached hydrogen (secondary N) is 1. The number of hydrogen-bond donors (Lipinski definition) is 2. The molecule has 0 unspecified atom stereocenters. The van der Waals surface area contributed by atoms with Crippen molar-refractivity contribution in [1.29, 1.82) is 0 Å². The van der Waals surface area contributed by atoms with Crippen LogP contribution in [0.2, 0.25) is 0 Å². The Bertz CT molecular complexity index is 759.